The molecule has 9 heteroatoms. The van der Waals surface area contributed by atoms with Crippen LogP contribution in [0, 0.1) is 69.5 Å². The summed E-state index contributed by atoms with van der Waals surface area (Å²) in [6.45, 7) is 16.5. The lowest BCUT2D eigenvalue weighted by molar-refractivity contribution is -0.196. The van der Waals surface area contributed by atoms with Gasteiger partial charge >= 0.3 is 17.9 Å². The third kappa shape index (κ3) is 6.38. The lowest BCUT2D eigenvalue weighted by atomic mass is 9.38. The van der Waals surface area contributed by atoms with Crippen molar-refractivity contribution in [2.24, 2.45) is 69.5 Å². The Bertz CT molecular complexity index is 1770. The molecule has 12 unspecified atom stereocenters. The molecule has 300 valence electrons. The van der Waals surface area contributed by atoms with Crippen LogP contribution in [0.15, 0.2) is 41.5 Å². The number of nitrogens with one attached hydrogen (secondary N) is 1. The van der Waals surface area contributed by atoms with Crippen molar-refractivity contribution in [1.82, 2.24) is 5.32 Å². The largest absolute Gasteiger partial charge is 0.480 e. The molecule has 7 rings (SSSR count). The van der Waals surface area contributed by atoms with Crippen molar-refractivity contribution in [2.45, 2.75) is 138 Å². The van der Waals surface area contributed by atoms with E-state index in [1.165, 1.54) is 13.8 Å². The predicted molar refractivity (Wildman–Crippen MR) is 207 cm³/mol. The topological polar surface area (TPSA) is 136 Å². The number of amides is 1. The van der Waals surface area contributed by atoms with E-state index < -0.39 is 22.8 Å². The molecule has 0 bridgehead atoms. The number of benzene rings is 1. The van der Waals surface area contributed by atoms with Crippen LogP contribution in [0.2, 0.25) is 0 Å². The number of carboxylic acids is 1. The summed E-state index contributed by atoms with van der Waals surface area (Å²) >= 11 is 0. The normalized spacial score (nSPS) is 39.5. The summed E-state index contributed by atoms with van der Waals surface area (Å²) in [5, 5.41) is 13.1. The molecular formula is C46H63NO8. The molecule has 1 aromatic rings. The summed E-state index contributed by atoms with van der Waals surface area (Å²) < 4.78 is 11.9. The van der Waals surface area contributed by atoms with Crippen LogP contribution in [0.5, 0.6) is 0 Å². The maximum atomic E-state index is 13.8. The van der Waals surface area contributed by atoms with Crippen LogP contribution in [0.3, 0.4) is 0 Å². The second kappa shape index (κ2) is 14.2. The van der Waals surface area contributed by atoms with Gasteiger partial charge in [0, 0.05) is 6.42 Å². The van der Waals surface area contributed by atoms with Gasteiger partial charge in [-0.05, 0) is 141 Å². The maximum Gasteiger partial charge on any atom is 0.318 e. The Morgan fingerprint density at radius 1 is 0.873 bits per heavy atom. The number of hydrogen-bond donors (Lipinski definition) is 2. The van der Waals surface area contributed by atoms with Crippen LogP contribution >= 0.6 is 0 Å². The van der Waals surface area contributed by atoms with Gasteiger partial charge in [-0.2, -0.15) is 0 Å². The summed E-state index contributed by atoms with van der Waals surface area (Å²) in [5.74, 6) is -1.01. The molecule has 0 saturated heterocycles. The quantitative estimate of drug-likeness (QED) is 0.191. The molecule has 0 aliphatic heterocycles. The van der Waals surface area contributed by atoms with Gasteiger partial charge in [0.15, 0.2) is 5.78 Å². The Kier molecular flexibility index (Phi) is 10.2. The van der Waals surface area contributed by atoms with Gasteiger partial charge in [-0.15, -0.1) is 0 Å². The molecule has 0 radical (unpaired) electrons. The number of fused-ring (bicyclic) bond motifs is 7. The number of ketones is 1. The van der Waals surface area contributed by atoms with Gasteiger partial charge in [0.2, 0.25) is 5.91 Å². The molecule has 1 amide bonds. The summed E-state index contributed by atoms with van der Waals surface area (Å²) in [7, 11) is 0. The molecule has 6 aliphatic rings. The fraction of sp³-hybridized carbons (Fsp3) is 0.717. The van der Waals surface area contributed by atoms with Gasteiger partial charge in [-0.1, -0.05) is 71.9 Å². The Labute approximate surface area is 327 Å². The van der Waals surface area contributed by atoms with Gasteiger partial charge in [0.25, 0.3) is 0 Å². The Morgan fingerprint density at radius 2 is 1.51 bits per heavy atom. The summed E-state index contributed by atoms with van der Waals surface area (Å²) in [6.07, 6.45) is 8.04. The Balaban J connectivity index is 1.03. The van der Waals surface area contributed by atoms with E-state index in [2.05, 4.69) is 39.9 Å². The summed E-state index contributed by atoms with van der Waals surface area (Å²) in [5.41, 5.74) is 0.635. The number of hydrogen-bond acceptors (Lipinski definition) is 7. The fourth-order valence-corrected chi connectivity index (χ4v) is 13.1. The molecule has 1 aromatic carbocycles. The zero-order valence-electron chi connectivity index (χ0n) is 34.2. The number of rotatable bonds is 9. The van der Waals surface area contributed by atoms with E-state index >= 15 is 0 Å². The molecule has 0 heterocycles. The second-order valence-electron chi connectivity index (χ2n) is 19.9. The van der Waals surface area contributed by atoms with Crippen LogP contribution < -0.4 is 5.32 Å². The van der Waals surface area contributed by atoms with Crippen molar-refractivity contribution >= 4 is 29.6 Å². The molecule has 55 heavy (non-hydrogen) atoms. The minimum absolute atomic E-state index is 0.0207. The molecule has 0 spiro atoms. The monoisotopic (exact) mass is 757 g/mol. The molecule has 2 N–H and O–H groups in total. The highest BCUT2D eigenvalue weighted by atomic mass is 16.5. The molecule has 0 aromatic heterocycles. The van der Waals surface area contributed by atoms with E-state index in [9.17, 15) is 29.1 Å². The first kappa shape index (κ1) is 39.7. The molecular weight excluding hydrogens is 695 g/mol. The minimum atomic E-state index is -1.60. The van der Waals surface area contributed by atoms with E-state index in [0.717, 1.165) is 61.7 Å². The second-order valence-corrected chi connectivity index (χ2v) is 19.9. The average Bonchev–Trinajstić information content (AvgIpc) is 3.43. The Morgan fingerprint density at radius 3 is 2.16 bits per heavy atom. The Hall–Kier alpha value is -3.49. The van der Waals surface area contributed by atoms with Crippen molar-refractivity contribution in [3.05, 3.63) is 47.0 Å². The highest BCUT2D eigenvalue weighted by Crippen LogP contribution is 2.70. The van der Waals surface area contributed by atoms with E-state index in [0.29, 0.717) is 30.6 Å². The van der Waals surface area contributed by atoms with Crippen molar-refractivity contribution in [1.29, 1.82) is 0 Å². The maximum absolute atomic E-state index is 13.8. The standard InChI is InChI=1S/C46H63NO8/c1-25(2)37-34(48)23-46(47-41(51)43(5,6)42(52)53)21-17-33-29(38(37)46)14-15-36-44(7)20-18-35(27(4)32(44)16-19-45(33,36)8)55-40(50)31-22-30(26(31)3)39(49)54-24-28-12-10-9-11-13-28/h9-13,25-27,29-33,35-36H,14-24H2,1-8H3,(H,47,51)(H,52,53). The zero-order valence-corrected chi connectivity index (χ0v) is 34.2. The predicted octanol–water partition coefficient (Wildman–Crippen LogP) is 8.09. The van der Waals surface area contributed by atoms with Crippen LogP contribution in [0.25, 0.3) is 0 Å². The minimum Gasteiger partial charge on any atom is -0.480 e. The van der Waals surface area contributed by atoms with Crippen molar-refractivity contribution < 1.29 is 38.6 Å². The van der Waals surface area contributed by atoms with Gasteiger partial charge in [-0.25, -0.2) is 0 Å². The molecule has 5 fully saturated rings. The van der Waals surface area contributed by atoms with Crippen LogP contribution in [-0.4, -0.2) is 46.3 Å². The average molecular weight is 758 g/mol. The number of Topliss-reactive ketones (excluding diaryl/α,β-unsaturated/α-hetero) is 1. The van der Waals surface area contributed by atoms with Crippen LogP contribution in [-0.2, 0) is 40.1 Å². The highest BCUT2D eigenvalue weighted by molar-refractivity contribution is 6.05. The molecule has 5 saturated carbocycles. The number of ether oxygens (including phenoxy) is 2. The van der Waals surface area contributed by atoms with E-state index in [-0.39, 0.29) is 83.2 Å². The number of allylic oxidation sites excluding steroid dienone is 1. The lowest BCUT2D eigenvalue weighted by Crippen LogP contribution is -2.63. The summed E-state index contributed by atoms with van der Waals surface area (Å²) in [4.78, 5) is 65.9. The third-order valence-electron chi connectivity index (χ3n) is 16.4. The van der Waals surface area contributed by atoms with E-state index in [4.69, 9.17) is 9.47 Å². The first-order valence-electron chi connectivity index (χ1n) is 21.1. The highest BCUT2D eigenvalue weighted by Gasteiger charge is 2.65. The number of carboxylic acid groups (broad SMARTS) is 1. The smallest absolute Gasteiger partial charge is 0.318 e. The van der Waals surface area contributed by atoms with Gasteiger partial charge in [0.1, 0.15) is 18.1 Å². The number of carbonyl (C=O) groups is 5. The first-order valence-corrected chi connectivity index (χ1v) is 21.1. The number of carbonyl (C=O) groups excluding carboxylic acids is 4. The van der Waals surface area contributed by atoms with E-state index in [1.807, 2.05) is 37.3 Å². The molecule has 6 aliphatic carbocycles. The van der Waals surface area contributed by atoms with Crippen molar-refractivity contribution in [2.75, 3.05) is 0 Å². The number of aliphatic carboxylic acids is 1. The third-order valence-corrected chi connectivity index (χ3v) is 16.4. The van der Waals surface area contributed by atoms with Gasteiger partial charge in [0.05, 0.1) is 17.4 Å². The number of esters is 2. The summed E-state index contributed by atoms with van der Waals surface area (Å²) in [6, 6.07) is 9.64. The van der Waals surface area contributed by atoms with Crippen molar-refractivity contribution in [3.8, 4) is 0 Å². The van der Waals surface area contributed by atoms with Gasteiger partial charge in [-0.3, -0.25) is 24.0 Å². The first-order chi connectivity index (χ1) is 25.9. The van der Waals surface area contributed by atoms with E-state index in [1.54, 1.807) is 0 Å². The molecule has 9 nitrogen and oxygen atoms in total. The molecule has 12 atom stereocenters. The SMILES string of the molecule is CC(C)C1=C2C3CCC4C(C)(CCC5C(C)C(OC(=O)C6CC(C(=O)OCc7ccccc7)C6C)CCC54C)C3CCC2(NC(=O)C(C)(C)C(=O)O)CC1=O. The van der Waals surface area contributed by atoms with Crippen LogP contribution in [0.4, 0.5) is 0 Å². The lowest BCUT2D eigenvalue weighted by Gasteiger charge is -2.67. The fourth-order valence-electron chi connectivity index (χ4n) is 13.1. The zero-order chi connectivity index (χ0) is 39.8. The van der Waals surface area contributed by atoms with Crippen molar-refractivity contribution in [3.63, 3.8) is 0 Å². The van der Waals surface area contributed by atoms with Crippen LogP contribution in [0.1, 0.15) is 125 Å². The van der Waals surface area contributed by atoms with Gasteiger partial charge < -0.3 is 19.9 Å².